The van der Waals surface area contributed by atoms with Crippen molar-refractivity contribution in [2.24, 2.45) is 0 Å². The number of hydrogen-bond donors (Lipinski definition) is 1. The molecule has 1 aromatic heterocycles. The van der Waals surface area contributed by atoms with E-state index in [0.717, 1.165) is 4.68 Å². The van der Waals surface area contributed by atoms with Crippen molar-refractivity contribution in [3.63, 3.8) is 0 Å². The Morgan fingerprint density at radius 3 is 2.42 bits per heavy atom. The Morgan fingerprint density at radius 1 is 1.16 bits per heavy atom. The number of carboxylic acid groups (broad SMARTS) is 1. The van der Waals surface area contributed by atoms with Gasteiger partial charge < -0.3 is 5.11 Å². The summed E-state index contributed by atoms with van der Waals surface area (Å²) in [4.78, 5) is 35.9. The lowest BCUT2D eigenvalue weighted by Crippen LogP contribution is -2.45. The molecule has 0 radical (unpaired) electrons. The number of carboxylic acids is 1. The molecular weight excluding hydrogens is 248 g/mol. The largest absolute Gasteiger partial charge is 0.480 e. The van der Waals surface area contributed by atoms with Gasteiger partial charge in [-0.15, -0.1) is 0 Å². The molecule has 19 heavy (non-hydrogen) atoms. The van der Waals surface area contributed by atoms with E-state index in [9.17, 15) is 19.5 Å². The van der Waals surface area contributed by atoms with Gasteiger partial charge in [-0.05, 0) is 25.0 Å². The van der Waals surface area contributed by atoms with E-state index in [1.807, 2.05) is 0 Å². The molecule has 0 saturated heterocycles. The molecule has 1 aromatic carbocycles. The normalized spacial score (nSPS) is 18.2. The minimum Gasteiger partial charge on any atom is -0.480 e. The summed E-state index contributed by atoms with van der Waals surface area (Å²) in [5, 5.41) is 9.81. The van der Waals surface area contributed by atoms with Gasteiger partial charge in [-0.25, -0.2) is 14.2 Å². The minimum atomic E-state index is -1.08. The van der Waals surface area contributed by atoms with E-state index >= 15 is 0 Å². The van der Waals surface area contributed by atoms with Crippen molar-refractivity contribution < 1.29 is 9.90 Å². The van der Waals surface area contributed by atoms with Gasteiger partial charge in [0.1, 0.15) is 0 Å². The molecule has 2 aromatic rings. The van der Waals surface area contributed by atoms with Crippen LogP contribution in [0.1, 0.15) is 18.9 Å². The van der Waals surface area contributed by atoms with E-state index in [0.29, 0.717) is 24.8 Å². The zero-order chi connectivity index (χ0) is 13.6. The van der Waals surface area contributed by atoms with Crippen LogP contribution in [-0.2, 0) is 11.3 Å². The van der Waals surface area contributed by atoms with Crippen molar-refractivity contribution >= 4 is 16.7 Å². The van der Waals surface area contributed by atoms with Gasteiger partial charge in [0.15, 0.2) is 6.04 Å². The second-order valence-corrected chi connectivity index (χ2v) is 4.62. The molecule has 1 N–H and O–H groups in total. The molecule has 2 heterocycles. The first-order valence-corrected chi connectivity index (χ1v) is 6.08. The lowest BCUT2D eigenvalue weighted by atomic mass is 10.1. The standard InChI is InChI=1S/C13H12N2O4/c16-11-8-4-1-2-5-9(8)12(17)15-10(13(18)19)6-3-7-14(11)15/h1-2,4-5,10H,3,6-7H2,(H,18,19)/t10-/m0/s1. The van der Waals surface area contributed by atoms with E-state index in [4.69, 9.17) is 0 Å². The van der Waals surface area contributed by atoms with Gasteiger partial charge in [0.25, 0.3) is 11.1 Å². The van der Waals surface area contributed by atoms with Crippen molar-refractivity contribution in [3.05, 3.63) is 45.0 Å². The third-order valence-corrected chi connectivity index (χ3v) is 3.52. The van der Waals surface area contributed by atoms with Crippen LogP contribution in [-0.4, -0.2) is 20.4 Å². The zero-order valence-electron chi connectivity index (χ0n) is 10.1. The third-order valence-electron chi connectivity index (χ3n) is 3.52. The quantitative estimate of drug-likeness (QED) is 0.813. The number of nitrogens with zero attached hydrogens (tertiary/aromatic N) is 2. The van der Waals surface area contributed by atoms with Crippen molar-refractivity contribution in [2.45, 2.75) is 25.4 Å². The van der Waals surface area contributed by atoms with Crippen LogP contribution in [0.2, 0.25) is 0 Å². The average molecular weight is 260 g/mol. The molecule has 0 amide bonds. The molecule has 0 saturated carbocycles. The predicted octanol–water partition coefficient (Wildman–Crippen LogP) is 0.583. The van der Waals surface area contributed by atoms with Crippen molar-refractivity contribution in [3.8, 4) is 0 Å². The first-order chi connectivity index (χ1) is 9.11. The Bertz CT molecular complexity index is 787. The maximum atomic E-state index is 12.4. The Kier molecular flexibility index (Phi) is 2.51. The summed E-state index contributed by atoms with van der Waals surface area (Å²) in [5.74, 6) is -1.08. The highest BCUT2D eigenvalue weighted by atomic mass is 16.4. The molecule has 6 nitrogen and oxygen atoms in total. The fourth-order valence-electron chi connectivity index (χ4n) is 2.63. The van der Waals surface area contributed by atoms with Gasteiger partial charge in [-0.1, -0.05) is 12.1 Å². The molecule has 98 valence electrons. The minimum absolute atomic E-state index is 0.275. The Morgan fingerprint density at radius 2 is 1.79 bits per heavy atom. The number of carbonyl (C=O) groups is 1. The van der Waals surface area contributed by atoms with E-state index < -0.39 is 17.6 Å². The monoisotopic (exact) mass is 260 g/mol. The molecule has 1 atom stereocenters. The van der Waals surface area contributed by atoms with Crippen LogP contribution in [0.4, 0.5) is 0 Å². The van der Waals surface area contributed by atoms with E-state index in [2.05, 4.69) is 0 Å². The molecule has 0 unspecified atom stereocenters. The number of aliphatic carboxylic acids is 1. The lowest BCUT2D eigenvalue weighted by Gasteiger charge is -2.26. The van der Waals surface area contributed by atoms with Crippen LogP contribution in [0.25, 0.3) is 10.8 Å². The Balaban J connectivity index is 2.47. The van der Waals surface area contributed by atoms with Gasteiger partial charge in [0.05, 0.1) is 10.8 Å². The number of benzene rings is 1. The van der Waals surface area contributed by atoms with Crippen molar-refractivity contribution in [1.82, 2.24) is 9.36 Å². The SMILES string of the molecule is O=C(O)[C@@H]1CCCn2c(=O)c3ccccc3c(=O)n21. The molecule has 0 aliphatic carbocycles. The molecule has 1 aliphatic rings. The summed E-state index contributed by atoms with van der Waals surface area (Å²) in [6.45, 7) is 0.378. The Labute approximate surface area is 107 Å². The van der Waals surface area contributed by atoms with Gasteiger partial charge in [-0.3, -0.25) is 9.59 Å². The Hall–Kier alpha value is -2.37. The van der Waals surface area contributed by atoms with Crippen LogP contribution in [0.3, 0.4) is 0 Å². The maximum absolute atomic E-state index is 12.4. The first kappa shape index (κ1) is 11.7. The summed E-state index contributed by atoms with van der Waals surface area (Å²) in [6, 6.07) is 5.55. The molecular formula is C13H12N2O4. The number of aromatic nitrogens is 2. The highest BCUT2D eigenvalue weighted by molar-refractivity contribution is 5.81. The second kappa shape index (κ2) is 4.08. The van der Waals surface area contributed by atoms with E-state index in [-0.39, 0.29) is 10.9 Å². The molecule has 0 spiro atoms. The van der Waals surface area contributed by atoms with Crippen molar-refractivity contribution in [1.29, 1.82) is 0 Å². The summed E-state index contributed by atoms with van der Waals surface area (Å²) in [6.07, 6.45) is 0.946. The van der Waals surface area contributed by atoms with Gasteiger partial charge in [0, 0.05) is 6.54 Å². The summed E-state index contributed by atoms with van der Waals surface area (Å²) < 4.78 is 2.35. The zero-order valence-corrected chi connectivity index (χ0v) is 10.1. The lowest BCUT2D eigenvalue weighted by molar-refractivity contribution is -0.142. The summed E-state index contributed by atoms with van der Waals surface area (Å²) in [5.41, 5.74) is -0.719. The second-order valence-electron chi connectivity index (χ2n) is 4.62. The van der Waals surface area contributed by atoms with E-state index in [1.54, 1.807) is 24.3 Å². The highest BCUT2D eigenvalue weighted by Crippen LogP contribution is 2.18. The van der Waals surface area contributed by atoms with Crippen LogP contribution in [0.5, 0.6) is 0 Å². The van der Waals surface area contributed by atoms with Crippen LogP contribution in [0.15, 0.2) is 33.9 Å². The maximum Gasteiger partial charge on any atom is 0.328 e. The van der Waals surface area contributed by atoms with Crippen LogP contribution in [0, 0.1) is 0 Å². The topological polar surface area (TPSA) is 81.3 Å². The number of rotatable bonds is 1. The predicted molar refractivity (Wildman–Crippen MR) is 68.4 cm³/mol. The van der Waals surface area contributed by atoms with Crippen molar-refractivity contribution in [2.75, 3.05) is 0 Å². The van der Waals surface area contributed by atoms with Crippen LogP contribution >= 0.6 is 0 Å². The summed E-state index contributed by atoms with van der Waals surface area (Å²) >= 11 is 0. The van der Waals surface area contributed by atoms with Gasteiger partial charge >= 0.3 is 5.97 Å². The van der Waals surface area contributed by atoms with Gasteiger partial charge in [-0.2, -0.15) is 0 Å². The smallest absolute Gasteiger partial charge is 0.328 e. The molecule has 3 rings (SSSR count). The molecule has 6 heteroatoms. The van der Waals surface area contributed by atoms with Gasteiger partial charge in [0.2, 0.25) is 0 Å². The highest BCUT2D eigenvalue weighted by Gasteiger charge is 2.28. The van der Waals surface area contributed by atoms with E-state index in [1.165, 1.54) is 4.68 Å². The molecule has 1 aliphatic heterocycles. The fraction of sp³-hybridized carbons (Fsp3) is 0.308. The molecule has 0 bridgehead atoms. The third kappa shape index (κ3) is 1.60. The van der Waals surface area contributed by atoms with Crippen LogP contribution < -0.4 is 11.1 Å². The first-order valence-electron chi connectivity index (χ1n) is 6.08. The number of hydrogen-bond acceptors (Lipinski definition) is 3. The number of fused-ring (bicyclic) bond motifs is 2. The summed E-state index contributed by atoms with van der Waals surface area (Å²) in [7, 11) is 0. The molecule has 0 fully saturated rings. The fourth-order valence-corrected chi connectivity index (χ4v) is 2.63. The average Bonchev–Trinajstić information content (AvgIpc) is 2.44.